The van der Waals surface area contributed by atoms with E-state index >= 15 is 0 Å². The number of nitrogens with one attached hydrogen (secondary N) is 1. The van der Waals surface area contributed by atoms with Gasteiger partial charge < -0.3 is 24.4 Å². The maximum absolute atomic E-state index is 13.4. The van der Waals surface area contributed by atoms with E-state index in [1.807, 2.05) is 6.92 Å². The number of hydrogen-bond acceptors (Lipinski definition) is 5. The fraction of sp³-hybridized carbons (Fsp3) is 0.462. The van der Waals surface area contributed by atoms with Crippen LogP contribution >= 0.6 is 0 Å². The van der Waals surface area contributed by atoms with Crippen LogP contribution in [0.15, 0.2) is 42.5 Å². The van der Waals surface area contributed by atoms with E-state index in [9.17, 15) is 14.0 Å². The zero-order valence-electron chi connectivity index (χ0n) is 20.0. The summed E-state index contributed by atoms with van der Waals surface area (Å²) in [6.45, 7) is 1.77. The summed E-state index contributed by atoms with van der Waals surface area (Å²) in [7, 11) is 3.06. The largest absolute Gasteiger partial charge is 0.496 e. The van der Waals surface area contributed by atoms with Crippen molar-refractivity contribution in [2.24, 2.45) is 0 Å². The minimum atomic E-state index is -0.665. The molecule has 0 radical (unpaired) electrons. The van der Waals surface area contributed by atoms with E-state index in [2.05, 4.69) is 5.32 Å². The first-order valence-electron chi connectivity index (χ1n) is 11.6. The summed E-state index contributed by atoms with van der Waals surface area (Å²) in [5.41, 5.74) is 0.727. The molecule has 0 heterocycles. The molecule has 2 amide bonds. The summed E-state index contributed by atoms with van der Waals surface area (Å²) in [4.78, 5) is 28.0. The van der Waals surface area contributed by atoms with Crippen LogP contribution in [0.3, 0.4) is 0 Å². The molecular weight excluding hydrogens is 439 g/mol. The molecule has 0 aromatic heterocycles. The summed E-state index contributed by atoms with van der Waals surface area (Å²) in [6, 6.07) is 10.4. The fourth-order valence-electron chi connectivity index (χ4n) is 4.17. The smallest absolute Gasteiger partial charge is 0.261 e. The number of carbonyl (C=O) groups is 2. The van der Waals surface area contributed by atoms with Gasteiger partial charge in [0.2, 0.25) is 5.91 Å². The Morgan fingerprint density at radius 2 is 1.62 bits per heavy atom. The maximum Gasteiger partial charge on any atom is 0.261 e. The van der Waals surface area contributed by atoms with E-state index in [4.69, 9.17) is 14.2 Å². The van der Waals surface area contributed by atoms with Crippen LogP contribution in [0.2, 0.25) is 0 Å². The van der Waals surface area contributed by atoms with Crippen molar-refractivity contribution < 1.29 is 28.2 Å². The van der Waals surface area contributed by atoms with Crippen LogP contribution < -0.4 is 19.5 Å². The van der Waals surface area contributed by atoms with E-state index in [0.717, 1.165) is 31.2 Å². The SMILES string of the molecule is CC[C@@H](C(=O)NC1CCCC1)N(Cc1ccc(F)cc1)C(=O)COc1cc(OC)cc(OC)c1. The summed E-state index contributed by atoms with van der Waals surface area (Å²) in [5.74, 6) is 0.602. The second-order valence-corrected chi connectivity index (χ2v) is 8.40. The van der Waals surface area contributed by atoms with E-state index < -0.39 is 6.04 Å². The summed E-state index contributed by atoms with van der Waals surface area (Å²) >= 11 is 0. The highest BCUT2D eigenvalue weighted by Crippen LogP contribution is 2.27. The molecule has 7 nitrogen and oxygen atoms in total. The molecular formula is C26H33FN2O5. The number of ether oxygens (including phenoxy) is 3. The highest BCUT2D eigenvalue weighted by molar-refractivity contribution is 5.88. The topological polar surface area (TPSA) is 77.1 Å². The number of hydrogen-bond donors (Lipinski definition) is 1. The average molecular weight is 473 g/mol. The number of benzene rings is 2. The molecule has 0 spiro atoms. The van der Waals surface area contributed by atoms with Crippen LogP contribution in [0.25, 0.3) is 0 Å². The lowest BCUT2D eigenvalue weighted by molar-refractivity contribution is -0.143. The monoisotopic (exact) mass is 472 g/mol. The first-order valence-corrected chi connectivity index (χ1v) is 11.6. The van der Waals surface area contributed by atoms with Gasteiger partial charge in [0.25, 0.3) is 5.91 Å². The molecule has 1 aliphatic carbocycles. The molecule has 3 rings (SSSR count). The Bertz CT molecular complexity index is 938. The first-order chi connectivity index (χ1) is 16.4. The van der Waals surface area contributed by atoms with Crippen molar-refractivity contribution in [3.63, 3.8) is 0 Å². The van der Waals surface area contributed by atoms with Gasteiger partial charge in [0.05, 0.1) is 14.2 Å². The Morgan fingerprint density at radius 1 is 1.03 bits per heavy atom. The maximum atomic E-state index is 13.4. The molecule has 8 heteroatoms. The van der Waals surface area contributed by atoms with E-state index in [0.29, 0.717) is 23.7 Å². The second kappa shape index (κ2) is 12.3. The molecule has 1 fully saturated rings. The number of carbonyl (C=O) groups excluding carboxylic acids is 2. The number of nitrogens with zero attached hydrogens (tertiary/aromatic N) is 1. The first kappa shape index (κ1) is 25.3. The molecule has 1 aliphatic rings. The van der Waals surface area contributed by atoms with Gasteiger partial charge in [-0.05, 0) is 37.0 Å². The van der Waals surface area contributed by atoms with Crippen molar-refractivity contribution in [2.75, 3.05) is 20.8 Å². The third-order valence-electron chi connectivity index (χ3n) is 6.04. The highest BCUT2D eigenvalue weighted by Gasteiger charge is 2.31. The lowest BCUT2D eigenvalue weighted by Gasteiger charge is -2.31. The van der Waals surface area contributed by atoms with E-state index in [1.54, 1.807) is 30.3 Å². The molecule has 2 aromatic rings. The minimum absolute atomic E-state index is 0.143. The van der Waals surface area contributed by atoms with Gasteiger partial charge in [-0.3, -0.25) is 9.59 Å². The number of amides is 2. The molecule has 1 atom stereocenters. The molecule has 0 unspecified atom stereocenters. The predicted molar refractivity (Wildman–Crippen MR) is 126 cm³/mol. The van der Waals surface area contributed by atoms with Gasteiger partial charge in [-0.15, -0.1) is 0 Å². The van der Waals surface area contributed by atoms with Gasteiger partial charge in [0, 0.05) is 30.8 Å². The van der Waals surface area contributed by atoms with Gasteiger partial charge >= 0.3 is 0 Å². The van der Waals surface area contributed by atoms with Crippen LogP contribution in [-0.2, 0) is 16.1 Å². The van der Waals surface area contributed by atoms with E-state index in [-0.39, 0.29) is 36.8 Å². The summed E-state index contributed by atoms with van der Waals surface area (Å²) in [6.07, 6.45) is 4.54. The average Bonchev–Trinajstić information content (AvgIpc) is 3.36. The predicted octanol–water partition coefficient (Wildman–Crippen LogP) is 4.09. The Hall–Kier alpha value is -3.29. The van der Waals surface area contributed by atoms with Crippen molar-refractivity contribution in [2.45, 2.75) is 57.7 Å². The van der Waals surface area contributed by atoms with E-state index in [1.165, 1.54) is 31.3 Å². The van der Waals surface area contributed by atoms with Crippen molar-refractivity contribution in [1.29, 1.82) is 0 Å². The fourth-order valence-corrected chi connectivity index (χ4v) is 4.17. The molecule has 1 N–H and O–H groups in total. The van der Waals surface area contributed by atoms with Crippen molar-refractivity contribution in [1.82, 2.24) is 10.2 Å². The van der Waals surface area contributed by atoms with Gasteiger partial charge in [-0.2, -0.15) is 0 Å². The zero-order valence-corrected chi connectivity index (χ0v) is 20.0. The van der Waals surface area contributed by atoms with Crippen LogP contribution in [-0.4, -0.2) is 49.6 Å². The molecule has 0 bridgehead atoms. The molecule has 184 valence electrons. The molecule has 0 saturated heterocycles. The summed E-state index contributed by atoms with van der Waals surface area (Å²) < 4.78 is 29.7. The molecule has 34 heavy (non-hydrogen) atoms. The lowest BCUT2D eigenvalue weighted by atomic mass is 10.1. The lowest BCUT2D eigenvalue weighted by Crippen LogP contribution is -2.52. The minimum Gasteiger partial charge on any atom is -0.496 e. The molecule has 1 saturated carbocycles. The van der Waals surface area contributed by atoms with Crippen molar-refractivity contribution >= 4 is 11.8 Å². The number of methoxy groups -OCH3 is 2. The highest BCUT2D eigenvalue weighted by atomic mass is 19.1. The van der Waals surface area contributed by atoms with Crippen LogP contribution in [0.5, 0.6) is 17.2 Å². The normalized spacial score (nSPS) is 14.4. The van der Waals surface area contributed by atoms with Gasteiger partial charge in [0.1, 0.15) is 29.1 Å². The van der Waals surface area contributed by atoms with Gasteiger partial charge in [-0.25, -0.2) is 4.39 Å². The van der Waals surface area contributed by atoms with Crippen LogP contribution in [0.4, 0.5) is 4.39 Å². The van der Waals surface area contributed by atoms with Crippen molar-refractivity contribution in [3.8, 4) is 17.2 Å². The van der Waals surface area contributed by atoms with Gasteiger partial charge in [-0.1, -0.05) is 31.9 Å². The molecule has 2 aromatic carbocycles. The third-order valence-corrected chi connectivity index (χ3v) is 6.04. The number of rotatable bonds is 11. The standard InChI is InChI=1S/C26H33FN2O5/c1-4-24(26(31)28-20-7-5-6-8-20)29(16-18-9-11-19(27)12-10-18)25(30)17-34-23-14-21(32-2)13-22(15-23)33-3/h9-15,20,24H,4-8,16-17H2,1-3H3,(H,28,31)/t24-/m0/s1. The van der Waals surface area contributed by atoms with Crippen LogP contribution in [0.1, 0.15) is 44.6 Å². The Kier molecular flexibility index (Phi) is 9.13. The summed E-state index contributed by atoms with van der Waals surface area (Å²) in [5, 5.41) is 3.10. The number of halogens is 1. The van der Waals surface area contributed by atoms with Crippen molar-refractivity contribution in [3.05, 3.63) is 53.8 Å². The molecule has 0 aliphatic heterocycles. The Balaban J connectivity index is 1.77. The van der Waals surface area contributed by atoms with Gasteiger partial charge in [0.15, 0.2) is 6.61 Å². The quantitative estimate of drug-likeness (QED) is 0.533. The zero-order chi connectivity index (χ0) is 24.5. The second-order valence-electron chi connectivity index (χ2n) is 8.40. The third kappa shape index (κ3) is 6.85. The van der Waals surface area contributed by atoms with Crippen LogP contribution in [0, 0.1) is 5.82 Å². The Labute approximate surface area is 200 Å². The Morgan fingerprint density at radius 3 is 2.18 bits per heavy atom.